The van der Waals surface area contributed by atoms with Crippen LogP contribution in [0.2, 0.25) is 0 Å². The van der Waals surface area contributed by atoms with Gasteiger partial charge in [0.05, 0.1) is 12.1 Å². The Labute approximate surface area is 172 Å². The number of benzene rings is 3. The van der Waals surface area contributed by atoms with Gasteiger partial charge >= 0.3 is 5.97 Å². The van der Waals surface area contributed by atoms with Gasteiger partial charge in [-0.05, 0) is 41.5 Å². The molecule has 4 nitrogen and oxygen atoms in total. The molecule has 0 unspecified atom stereocenters. The summed E-state index contributed by atoms with van der Waals surface area (Å²) in [5.41, 5.74) is 3.54. The van der Waals surface area contributed by atoms with Crippen LogP contribution in [0, 0.1) is 11.6 Å². The van der Waals surface area contributed by atoms with Gasteiger partial charge in [0, 0.05) is 36.4 Å². The summed E-state index contributed by atoms with van der Waals surface area (Å²) < 4.78 is 29.8. The summed E-state index contributed by atoms with van der Waals surface area (Å²) in [5, 5.41) is 10.1. The number of aromatic nitrogens is 1. The number of carboxylic acids is 1. The molecule has 4 aromatic rings. The Morgan fingerprint density at radius 1 is 1.03 bits per heavy atom. The zero-order chi connectivity index (χ0) is 21.3. The van der Waals surface area contributed by atoms with Gasteiger partial charge in [-0.15, -0.1) is 0 Å². The lowest BCUT2D eigenvalue weighted by atomic mass is 10.1. The lowest BCUT2D eigenvalue weighted by Gasteiger charge is -2.21. The van der Waals surface area contributed by atoms with E-state index in [9.17, 15) is 18.7 Å². The SMILES string of the molecule is CN(c1cccc(Cn2cc(CC(=O)O)c3ccccc32)c1)c1cccc(F)c1F. The van der Waals surface area contributed by atoms with Gasteiger partial charge in [-0.3, -0.25) is 4.79 Å². The molecule has 0 aliphatic carbocycles. The third-order valence-electron chi connectivity index (χ3n) is 5.16. The molecule has 0 aliphatic heterocycles. The topological polar surface area (TPSA) is 45.5 Å². The van der Waals surface area contributed by atoms with Crippen LogP contribution in [0.15, 0.2) is 72.9 Å². The largest absolute Gasteiger partial charge is 0.481 e. The standard InChI is InChI=1S/C24H20F2N2O2/c1-27(22-11-5-9-20(25)24(22)26)18-7-4-6-16(12-18)14-28-15-17(13-23(29)30)19-8-2-3-10-21(19)28/h2-12,15H,13-14H2,1H3,(H,29,30). The first-order valence-electron chi connectivity index (χ1n) is 9.49. The Kier molecular flexibility index (Phi) is 5.23. The molecule has 0 bridgehead atoms. The van der Waals surface area contributed by atoms with Crippen molar-refractivity contribution in [2.45, 2.75) is 13.0 Å². The molecule has 1 N–H and O–H groups in total. The van der Waals surface area contributed by atoms with Crippen LogP contribution in [-0.4, -0.2) is 22.7 Å². The molecule has 0 spiro atoms. The molecule has 3 aromatic carbocycles. The van der Waals surface area contributed by atoms with Gasteiger partial charge in [0.2, 0.25) is 0 Å². The summed E-state index contributed by atoms with van der Waals surface area (Å²) in [4.78, 5) is 12.8. The number of anilines is 2. The third-order valence-corrected chi connectivity index (χ3v) is 5.16. The van der Waals surface area contributed by atoms with Crippen molar-refractivity contribution in [2.24, 2.45) is 0 Å². The Balaban J connectivity index is 1.67. The van der Waals surface area contributed by atoms with Crippen molar-refractivity contribution in [3.05, 3.63) is 95.7 Å². The smallest absolute Gasteiger partial charge is 0.307 e. The van der Waals surface area contributed by atoms with Gasteiger partial charge in [0.1, 0.15) is 0 Å². The Morgan fingerprint density at radius 3 is 2.60 bits per heavy atom. The fourth-order valence-corrected chi connectivity index (χ4v) is 3.71. The highest BCUT2D eigenvalue weighted by molar-refractivity contribution is 5.87. The van der Waals surface area contributed by atoms with Crippen molar-refractivity contribution in [2.75, 3.05) is 11.9 Å². The monoisotopic (exact) mass is 406 g/mol. The van der Waals surface area contributed by atoms with Crippen LogP contribution in [0.25, 0.3) is 10.9 Å². The minimum atomic E-state index is -0.889. The number of aliphatic carboxylic acids is 1. The number of rotatable bonds is 6. The van der Waals surface area contributed by atoms with Crippen molar-refractivity contribution in [1.82, 2.24) is 4.57 Å². The summed E-state index contributed by atoms with van der Waals surface area (Å²) in [6.45, 7) is 0.521. The molecule has 0 radical (unpaired) electrons. The summed E-state index contributed by atoms with van der Waals surface area (Å²) in [7, 11) is 1.69. The van der Waals surface area contributed by atoms with E-state index in [0.29, 0.717) is 6.54 Å². The summed E-state index contributed by atoms with van der Waals surface area (Å²) in [5.74, 6) is -2.65. The van der Waals surface area contributed by atoms with Gasteiger partial charge in [-0.25, -0.2) is 8.78 Å². The van der Waals surface area contributed by atoms with E-state index in [1.54, 1.807) is 11.9 Å². The van der Waals surface area contributed by atoms with Crippen LogP contribution in [-0.2, 0) is 17.8 Å². The van der Waals surface area contributed by atoms with Crippen molar-refractivity contribution in [3.63, 3.8) is 0 Å². The molecule has 1 aromatic heterocycles. The van der Waals surface area contributed by atoms with Crippen LogP contribution in [0.1, 0.15) is 11.1 Å². The molecule has 0 saturated heterocycles. The van der Waals surface area contributed by atoms with Gasteiger partial charge in [-0.1, -0.05) is 36.4 Å². The van der Waals surface area contributed by atoms with E-state index >= 15 is 0 Å². The molecule has 0 amide bonds. The van der Waals surface area contributed by atoms with Crippen LogP contribution in [0.5, 0.6) is 0 Å². The number of para-hydroxylation sites is 1. The molecule has 4 rings (SSSR count). The van der Waals surface area contributed by atoms with E-state index in [2.05, 4.69) is 0 Å². The highest BCUT2D eigenvalue weighted by Crippen LogP contribution is 2.29. The average Bonchev–Trinajstić information content (AvgIpc) is 3.06. The number of hydrogen-bond acceptors (Lipinski definition) is 2. The molecular weight excluding hydrogens is 386 g/mol. The maximum absolute atomic E-state index is 14.2. The second kappa shape index (κ2) is 7.99. The minimum Gasteiger partial charge on any atom is -0.481 e. The minimum absolute atomic E-state index is 0.0465. The van der Waals surface area contributed by atoms with Crippen molar-refractivity contribution in [3.8, 4) is 0 Å². The van der Waals surface area contributed by atoms with Crippen LogP contribution in [0.3, 0.4) is 0 Å². The number of carboxylic acid groups (broad SMARTS) is 1. The van der Waals surface area contributed by atoms with Crippen LogP contribution < -0.4 is 4.90 Å². The number of fused-ring (bicyclic) bond motifs is 1. The van der Waals surface area contributed by atoms with E-state index in [1.807, 2.05) is 59.3 Å². The zero-order valence-electron chi connectivity index (χ0n) is 16.3. The Morgan fingerprint density at radius 2 is 1.80 bits per heavy atom. The summed E-state index contributed by atoms with van der Waals surface area (Å²) in [6.07, 6.45) is 1.82. The maximum atomic E-state index is 14.2. The third kappa shape index (κ3) is 3.76. The summed E-state index contributed by atoms with van der Waals surface area (Å²) >= 11 is 0. The number of halogens is 2. The first-order valence-corrected chi connectivity index (χ1v) is 9.49. The van der Waals surface area contributed by atoms with Crippen molar-refractivity contribution < 1.29 is 18.7 Å². The molecule has 30 heavy (non-hydrogen) atoms. The Bertz CT molecular complexity index is 1230. The lowest BCUT2D eigenvalue weighted by molar-refractivity contribution is -0.136. The molecule has 0 saturated carbocycles. The first-order chi connectivity index (χ1) is 14.4. The summed E-state index contributed by atoms with van der Waals surface area (Å²) in [6, 6.07) is 19.3. The molecule has 1 heterocycles. The van der Waals surface area contributed by atoms with Crippen molar-refractivity contribution >= 4 is 28.2 Å². The number of nitrogens with zero attached hydrogens (tertiary/aromatic N) is 2. The lowest BCUT2D eigenvalue weighted by Crippen LogP contribution is -2.12. The Hall–Kier alpha value is -3.67. The molecule has 6 heteroatoms. The molecule has 152 valence electrons. The predicted octanol–water partition coefficient (Wildman–Crippen LogP) is 5.36. The number of carbonyl (C=O) groups is 1. The predicted molar refractivity (Wildman–Crippen MR) is 113 cm³/mol. The average molecular weight is 406 g/mol. The van der Waals surface area contributed by atoms with Gasteiger partial charge < -0.3 is 14.6 Å². The fraction of sp³-hybridized carbons (Fsp3) is 0.125. The molecular formula is C24H20F2N2O2. The maximum Gasteiger partial charge on any atom is 0.307 e. The second-order valence-electron chi connectivity index (χ2n) is 7.17. The van der Waals surface area contributed by atoms with E-state index in [4.69, 9.17) is 0 Å². The normalized spacial score (nSPS) is 11.0. The highest BCUT2D eigenvalue weighted by atomic mass is 19.2. The zero-order valence-corrected chi connectivity index (χ0v) is 16.3. The van der Waals surface area contributed by atoms with Gasteiger partial charge in [-0.2, -0.15) is 0 Å². The fourth-order valence-electron chi connectivity index (χ4n) is 3.71. The highest BCUT2D eigenvalue weighted by Gasteiger charge is 2.14. The van der Waals surface area contributed by atoms with Crippen LogP contribution in [0.4, 0.5) is 20.2 Å². The van der Waals surface area contributed by atoms with E-state index in [0.717, 1.165) is 33.8 Å². The first kappa shape index (κ1) is 19.6. The van der Waals surface area contributed by atoms with Crippen molar-refractivity contribution in [1.29, 1.82) is 0 Å². The second-order valence-corrected chi connectivity index (χ2v) is 7.17. The number of hydrogen-bond donors (Lipinski definition) is 1. The molecule has 0 atom stereocenters. The van der Waals surface area contributed by atoms with Crippen LogP contribution >= 0.6 is 0 Å². The molecule has 0 fully saturated rings. The quantitative estimate of drug-likeness (QED) is 0.469. The molecule has 0 aliphatic rings. The van der Waals surface area contributed by atoms with E-state index < -0.39 is 17.6 Å². The van der Waals surface area contributed by atoms with E-state index in [-0.39, 0.29) is 12.1 Å². The van der Waals surface area contributed by atoms with Gasteiger partial charge in [0.25, 0.3) is 0 Å². The van der Waals surface area contributed by atoms with E-state index in [1.165, 1.54) is 12.1 Å². The van der Waals surface area contributed by atoms with Gasteiger partial charge in [0.15, 0.2) is 11.6 Å².